The van der Waals surface area contributed by atoms with Crippen LogP contribution in [0.2, 0.25) is 0 Å². The fourth-order valence-corrected chi connectivity index (χ4v) is 3.33. The maximum absolute atomic E-state index is 11.8. The summed E-state index contributed by atoms with van der Waals surface area (Å²) in [7, 11) is 1.36. The molecule has 2 aromatic rings. The van der Waals surface area contributed by atoms with Crippen LogP contribution in [-0.4, -0.2) is 23.0 Å². The normalized spacial score (nSPS) is 13.4. The minimum Gasteiger partial charge on any atom is -0.464 e. The van der Waals surface area contributed by atoms with E-state index in [1.165, 1.54) is 18.4 Å². The molecule has 2 aromatic heterocycles. The fourth-order valence-electron chi connectivity index (χ4n) is 1.97. The van der Waals surface area contributed by atoms with E-state index in [0.717, 1.165) is 20.6 Å². The molecule has 7 heteroatoms. The third-order valence-corrected chi connectivity index (χ3v) is 4.54. The van der Waals surface area contributed by atoms with Crippen LogP contribution in [0.15, 0.2) is 15.9 Å². The molecule has 0 spiro atoms. The van der Waals surface area contributed by atoms with E-state index in [-0.39, 0.29) is 0 Å². The van der Waals surface area contributed by atoms with Crippen LogP contribution >= 0.6 is 27.3 Å². The summed E-state index contributed by atoms with van der Waals surface area (Å²) >= 11 is 4.94. The second-order valence-electron chi connectivity index (χ2n) is 4.05. The number of nitrogens with zero attached hydrogens (tertiary/aromatic N) is 2. The Morgan fingerprint density at radius 2 is 2.32 bits per heavy atom. The van der Waals surface area contributed by atoms with E-state index in [9.17, 15) is 4.79 Å². The Balaban J connectivity index is 2.15. The average molecular weight is 340 g/mol. The third-order valence-electron chi connectivity index (χ3n) is 2.85. The van der Waals surface area contributed by atoms with Gasteiger partial charge in [0.25, 0.3) is 0 Å². The zero-order valence-electron chi connectivity index (χ0n) is 10.1. The second kappa shape index (κ2) is 4.99. The molecule has 0 saturated heterocycles. The van der Waals surface area contributed by atoms with Gasteiger partial charge in [-0.25, -0.2) is 14.8 Å². The van der Waals surface area contributed by atoms with Crippen molar-refractivity contribution in [2.75, 3.05) is 7.11 Å². The number of fused-ring (bicyclic) bond motifs is 1. The van der Waals surface area contributed by atoms with E-state index in [4.69, 9.17) is 4.74 Å². The molecule has 1 aliphatic heterocycles. The Morgan fingerprint density at radius 3 is 3.00 bits per heavy atom. The van der Waals surface area contributed by atoms with Gasteiger partial charge in [0, 0.05) is 28.5 Å². The van der Waals surface area contributed by atoms with Crippen molar-refractivity contribution in [3.05, 3.63) is 32.9 Å². The average Bonchev–Trinajstić information content (AvgIpc) is 3.04. The molecule has 0 unspecified atom stereocenters. The number of esters is 1. The highest BCUT2D eigenvalue weighted by atomic mass is 79.9. The molecule has 0 fully saturated rings. The summed E-state index contributed by atoms with van der Waals surface area (Å²) in [6, 6.07) is 1.94. The lowest BCUT2D eigenvalue weighted by molar-refractivity contribution is 0.0592. The number of thiophene rings is 1. The number of carbonyl (C=O) groups is 1. The molecule has 1 N–H and O–H groups in total. The van der Waals surface area contributed by atoms with E-state index in [1.807, 2.05) is 11.4 Å². The summed E-state index contributed by atoms with van der Waals surface area (Å²) in [4.78, 5) is 21.6. The molecule has 3 rings (SSSR count). The Hall–Kier alpha value is -1.31. The van der Waals surface area contributed by atoms with Crippen LogP contribution in [0.4, 0.5) is 0 Å². The van der Waals surface area contributed by atoms with Gasteiger partial charge >= 0.3 is 5.97 Å². The number of halogens is 1. The van der Waals surface area contributed by atoms with Crippen LogP contribution in [-0.2, 0) is 17.8 Å². The van der Waals surface area contributed by atoms with Crippen LogP contribution in [0.5, 0.6) is 0 Å². The number of aromatic nitrogens is 2. The Labute approximate surface area is 122 Å². The van der Waals surface area contributed by atoms with Gasteiger partial charge in [0.15, 0.2) is 11.5 Å². The van der Waals surface area contributed by atoms with Gasteiger partial charge in [0.1, 0.15) is 0 Å². The molecular weight excluding hydrogens is 330 g/mol. The zero-order chi connectivity index (χ0) is 13.4. The van der Waals surface area contributed by atoms with Gasteiger partial charge in [-0.3, -0.25) is 0 Å². The molecule has 5 nitrogen and oxygen atoms in total. The topological polar surface area (TPSA) is 64.1 Å². The fraction of sp³-hybridized carbons (Fsp3) is 0.250. The van der Waals surface area contributed by atoms with Crippen molar-refractivity contribution >= 4 is 33.2 Å². The van der Waals surface area contributed by atoms with E-state index in [1.54, 1.807) is 0 Å². The zero-order valence-corrected chi connectivity index (χ0v) is 12.5. The first-order valence-corrected chi connectivity index (χ1v) is 7.29. The number of rotatable bonds is 2. The highest BCUT2D eigenvalue weighted by Gasteiger charge is 2.24. The first-order chi connectivity index (χ1) is 9.19. The summed E-state index contributed by atoms with van der Waals surface area (Å²) in [5.41, 5.74) is 2.07. The van der Waals surface area contributed by atoms with Gasteiger partial charge in [-0.05, 0) is 22.0 Å². The number of carbonyl (C=O) groups excluding carboxylic acids is 1. The summed E-state index contributed by atoms with van der Waals surface area (Å²) in [5.74, 6) is 0.151. The summed E-state index contributed by atoms with van der Waals surface area (Å²) < 4.78 is 5.78. The largest absolute Gasteiger partial charge is 0.464 e. The third kappa shape index (κ3) is 2.29. The lowest BCUT2D eigenvalue weighted by Gasteiger charge is -2.06. The smallest absolute Gasteiger partial charge is 0.357 e. The van der Waals surface area contributed by atoms with Crippen LogP contribution in [0, 0.1) is 0 Å². The van der Waals surface area contributed by atoms with E-state index in [2.05, 4.69) is 31.2 Å². The maximum atomic E-state index is 11.8. The van der Waals surface area contributed by atoms with Gasteiger partial charge in [-0.2, -0.15) is 0 Å². The lowest BCUT2D eigenvalue weighted by Crippen LogP contribution is -2.11. The molecule has 0 aliphatic carbocycles. The van der Waals surface area contributed by atoms with Crippen LogP contribution in [0.1, 0.15) is 21.7 Å². The van der Waals surface area contributed by atoms with Crippen LogP contribution < -0.4 is 5.32 Å². The Kier molecular flexibility index (Phi) is 3.34. The molecule has 0 amide bonds. The SMILES string of the molecule is COC(=O)c1nc(-c2cc(Br)cs2)nc2c1CNC2. The molecule has 98 valence electrons. The molecular formula is C12H10BrN3O2S. The van der Waals surface area contributed by atoms with Gasteiger partial charge in [0.2, 0.25) is 0 Å². The van der Waals surface area contributed by atoms with Crippen molar-refractivity contribution in [3.63, 3.8) is 0 Å². The number of methoxy groups -OCH3 is 1. The molecule has 1 aliphatic rings. The first-order valence-electron chi connectivity index (χ1n) is 5.62. The van der Waals surface area contributed by atoms with Gasteiger partial charge in [0.05, 0.1) is 17.7 Å². The van der Waals surface area contributed by atoms with Gasteiger partial charge in [-0.1, -0.05) is 0 Å². The lowest BCUT2D eigenvalue weighted by atomic mass is 10.2. The number of hydrogen-bond acceptors (Lipinski definition) is 6. The quantitative estimate of drug-likeness (QED) is 0.851. The molecule has 3 heterocycles. The van der Waals surface area contributed by atoms with Crippen molar-refractivity contribution in [1.82, 2.24) is 15.3 Å². The van der Waals surface area contributed by atoms with Crippen molar-refractivity contribution < 1.29 is 9.53 Å². The van der Waals surface area contributed by atoms with Crippen molar-refractivity contribution in [1.29, 1.82) is 0 Å². The predicted molar refractivity (Wildman–Crippen MR) is 74.9 cm³/mol. The molecule has 0 bridgehead atoms. The maximum Gasteiger partial charge on any atom is 0.357 e. The first kappa shape index (κ1) is 12.7. The molecule has 0 atom stereocenters. The molecule has 0 radical (unpaired) electrons. The number of ether oxygens (including phenoxy) is 1. The second-order valence-corrected chi connectivity index (χ2v) is 5.87. The van der Waals surface area contributed by atoms with E-state index in [0.29, 0.717) is 24.6 Å². The van der Waals surface area contributed by atoms with Crippen LogP contribution in [0.3, 0.4) is 0 Å². The molecule has 0 aromatic carbocycles. The molecule has 0 saturated carbocycles. The van der Waals surface area contributed by atoms with Crippen LogP contribution in [0.25, 0.3) is 10.7 Å². The number of hydrogen-bond donors (Lipinski definition) is 1. The minimum absolute atomic E-state index is 0.358. The Bertz CT molecular complexity index is 656. The highest BCUT2D eigenvalue weighted by molar-refractivity contribution is 9.10. The van der Waals surface area contributed by atoms with Gasteiger partial charge < -0.3 is 10.1 Å². The van der Waals surface area contributed by atoms with E-state index < -0.39 is 5.97 Å². The van der Waals surface area contributed by atoms with Crippen molar-refractivity contribution in [3.8, 4) is 10.7 Å². The Morgan fingerprint density at radius 1 is 1.47 bits per heavy atom. The summed E-state index contributed by atoms with van der Waals surface area (Å²) in [6.45, 7) is 1.26. The minimum atomic E-state index is -0.417. The van der Waals surface area contributed by atoms with E-state index >= 15 is 0 Å². The summed E-state index contributed by atoms with van der Waals surface area (Å²) in [5, 5.41) is 5.14. The number of nitrogens with one attached hydrogen (secondary N) is 1. The van der Waals surface area contributed by atoms with Crippen molar-refractivity contribution in [2.45, 2.75) is 13.1 Å². The predicted octanol–water partition coefficient (Wildman–Crippen LogP) is 2.36. The highest BCUT2D eigenvalue weighted by Crippen LogP contribution is 2.29. The van der Waals surface area contributed by atoms with Crippen molar-refractivity contribution in [2.24, 2.45) is 0 Å². The monoisotopic (exact) mass is 339 g/mol. The summed E-state index contributed by atoms with van der Waals surface area (Å²) in [6.07, 6.45) is 0. The van der Waals surface area contributed by atoms with Gasteiger partial charge in [-0.15, -0.1) is 11.3 Å². The standard InChI is InChI=1S/C12H10BrN3O2S/c1-18-12(17)10-7-3-14-4-8(7)15-11(16-10)9-2-6(13)5-19-9/h2,5,14H,3-4H2,1H3. The molecule has 19 heavy (non-hydrogen) atoms.